The number of nitrogen functional groups attached to an aromatic ring is 1. The highest BCUT2D eigenvalue weighted by Gasteiger charge is 2.34. The van der Waals surface area contributed by atoms with Crippen LogP contribution in [0.3, 0.4) is 0 Å². The largest absolute Gasteiger partial charge is 0.399 e. The molecule has 4 nitrogen and oxygen atoms in total. The van der Waals surface area contributed by atoms with Crippen molar-refractivity contribution in [1.82, 2.24) is 4.72 Å². The summed E-state index contributed by atoms with van der Waals surface area (Å²) in [5.74, 6) is 1.01. The Bertz CT molecular complexity index is 584. The summed E-state index contributed by atoms with van der Waals surface area (Å²) < 4.78 is 27.7. The number of rotatable bonds is 4. The van der Waals surface area contributed by atoms with Crippen molar-refractivity contribution in [2.75, 3.05) is 5.73 Å². The van der Waals surface area contributed by atoms with Gasteiger partial charge in [0.2, 0.25) is 10.0 Å². The number of nitrogens with one attached hydrogen (secondary N) is 1. The van der Waals surface area contributed by atoms with Crippen LogP contribution < -0.4 is 10.5 Å². The molecule has 2 rings (SSSR count). The van der Waals surface area contributed by atoms with Crippen LogP contribution in [0, 0.1) is 18.8 Å². The molecule has 0 spiro atoms. The summed E-state index contributed by atoms with van der Waals surface area (Å²) >= 11 is 0. The van der Waals surface area contributed by atoms with Gasteiger partial charge in [0.1, 0.15) is 0 Å². The molecule has 1 saturated carbocycles. The Hall–Kier alpha value is -1.07. The normalized spacial score (nSPS) is 26.9. The van der Waals surface area contributed by atoms with E-state index in [1.54, 1.807) is 18.2 Å². The predicted octanol–water partition coefficient (Wildman–Crippen LogP) is 2.68. The zero-order valence-corrected chi connectivity index (χ0v) is 13.2. The molecule has 1 aliphatic carbocycles. The van der Waals surface area contributed by atoms with E-state index in [0.717, 1.165) is 24.8 Å². The van der Waals surface area contributed by atoms with Gasteiger partial charge in [-0.1, -0.05) is 20.3 Å². The minimum atomic E-state index is -3.45. The third kappa shape index (κ3) is 2.99. The second kappa shape index (κ2) is 5.74. The lowest BCUT2D eigenvalue weighted by atomic mass is 9.94. The Balaban J connectivity index is 2.17. The number of hydrogen-bond acceptors (Lipinski definition) is 3. The standard InChI is InChI=1S/C15H24N2O2S/c1-4-12-5-8-15(11(12)3)17-20(18,19)13-6-7-14(16)10(2)9-13/h6-7,9,11-12,15,17H,4-5,8,16H2,1-3H3. The zero-order chi connectivity index (χ0) is 14.9. The van der Waals surface area contributed by atoms with Crippen LogP contribution in [0.4, 0.5) is 5.69 Å². The number of anilines is 1. The summed E-state index contributed by atoms with van der Waals surface area (Å²) in [5.41, 5.74) is 7.14. The van der Waals surface area contributed by atoms with Crippen molar-refractivity contribution in [3.63, 3.8) is 0 Å². The molecule has 0 bridgehead atoms. The maximum absolute atomic E-state index is 12.4. The highest BCUT2D eigenvalue weighted by molar-refractivity contribution is 7.89. The Morgan fingerprint density at radius 2 is 2.05 bits per heavy atom. The lowest BCUT2D eigenvalue weighted by molar-refractivity contribution is 0.368. The van der Waals surface area contributed by atoms with Crippen molar-refractivity contribution in [3.8, 4) is 0 Å². The van der Waals surface area contributed by atoms with Crippen LogP contribution in [0.15, 0.2) is 23.1 Å². The summed E-state index contributed by atoms with van der Waals surface area (Å²) in [5, 5.41) is 0. The van der Waals surface area contributed by atoms with E-state index in [4.69, 9.17) is 5.73 Å². The Kier molecular flexibility index (Phi) is 4.39. The highest BCUT2D eigenvalue weighted by atomic mass is 32.2. The summed E-state index contributed by atoms with van der Waals surface area (Å²) in [4.78, 5) is 0.302. The third-order valence-corrected chi connectivity index (χ3v) is 6.10. The van der Waals surface area contributed by atoms with Gasteiger partial charge < -0.3 is 5.73 Å². The van der Waals surface area contributed by atoms with Gasteiger partial charge in [0.05, 0.1) is 4.90 Å². The molecule has 5 heteroatoms. The molecule has 3 unspecified atom stereocenters. The molecule has 0 amide bonds. The highest BCUT2D eigenvalue weighted by Crippen LogP contribution is 2.34. The monoisotopic (exact) mass is 296 g/mol. The zero-order valence-electron chi connectivity index (χ0n) is 12.4. The first-order valence-electron chi connectivity index (χ1n) is 7.23. The van der Waals surface area contributed by atoms with Crippen LogP contribution in [-0.2, 0) is 10.0 Å². The molecule has 3 atom stereocenters. The first-order chi connectivity index (χ1) is 9.35. The molecule has 0 aliphatic heterocycles. The van der Waals surface area contributed by atoms with Gasteiger partial charge in [0.25, 0.3) is 0 Å². The third-order valence-electron chi connectivity index (χ3n) is 4.61. The number of sulfonamides is 1. The van der Waals surface area contributed by atoms with Crippen molar-refractivity contribution in [2.24, 2.45) is 11.8 Å². The van der Waals surface area contributed by atoms with E-state index in [-0.39, 0.29) is 6.04 Å². The van der Waals surface area contributed by atoms with E-state index in [0.29, 0.717) is 22.4 Å². The smallest absolute Gasteiger partial charge is 0.240 e. The lowest BCUT2D eigenvalue weighted by Gasteiger charge is -2.21. The molecule has 1 aromatic carbocycles. The SMILES string of the molecule is CCC1CCC(NS(=O)(=O)c2ccc(N)c(C)c2)C1C. The quantitative estimate of drug-likeness (QED) is 0.839. The second-order valence-electron chi connectivity index (χ2n) is 5.85. The summed E-state index contributed by atoms with van der Waals surface area (Å²) in [6.07, 6.45) is 3.14. The average Bonchev–Trinajstić information content (AvgIpc) is 2.73. The molecule has 20 heavy (non-hydrogen) atoms. The maximum atomic E-state index is 12.4. The minimum absolute atomic E-state index is 0.0443. The first-order valence-corrected chi connectivity index (χ1v) is 8.72. The van der Waals surface area contributed by atoms with Gasteiger partial charge in [-0.05, 0) is 55.4 Å². The second-order valence-corrected chi connectivity index (χ2v) is 7.56. The van der Waals surface area contributed by atoms with Gasteiger partial charge in [-0.2, -0.15) is 0 Å². The predicted molar refractivity (Wildman–Crippen MR) is 81.9 cm³/mol. The molecule has 1 aliphatic rings. The van der Waals surface area contributed by atoms with Crippen LogP contribution in [0.5, 0.6) is 0 Å². The van der Waals surface area contributed by atoms with Gasteiger partial charge in [0.15, 0.2) is 0 Å². The van der Waals surface area contributed by atoms with Crippen molar-refractivity contribution >= 4 is 15.7 Å². The van der Waals surface area contributed by atoms with Crippen molar-refractivity contribution in [3.05, 3.63) is 23.8 Å². The summed E-state index contributed by atoms with van der Waals surface area (Å²) in [6, 6.07) is 4.90. The van der Waals surface area contributed by atoms with Crippen LogP contribution in [0.1, 0.15) is 38.7 Å². The lowest BCUT2D eigenvalue weighted by Crippen LogP contribution is -2.37. The van der Waals surface area contributed by atoms with E-state index in [1.165, 1.54) is 0 Å². The van der Waals surface area contributed by atoms with Crippen LogP contribution in [0.2, 0.25) is 0 Å². The molecule has 0 heterocycles. The van der Waals surface area contributed by atoms with Crippen LogP contribution in [0.25, 0.3) is 0 Å². The molecule has 0 radical (unpaired) electrons. The molecular weight excluding hydrogens is 272 g/mol. The fourth-order valence-electron chi connectivity index (χ4n) is 3.07. The van der Waals surface area contributed by atoms with Gasteiger partial charge in [-0.15, -0.1) is 0 Å². The van der Waals surface area contributed by atoms with E-state index in [9.17, 15) is 8.42 Å². The molecular formula is C15H24N2O2S. The van der Waals surface area contributed by atoms with E-state index < -0.39 is 10.0 Å². The van der Waals surface area contributed by atoms with E-state index in [1.807, 2.05) is 6.92 Å². The topological polar surface area (TPSA) is 72.2 Å². The average molecular weight is 296 g/mol. The number of hydrogen-bond donors (Lipinski definition) is 2. The summed E-state index contributed by atoms with van der Waals surface area (Å²) in [7, 11) is -3.45. The Labute approximate surface area is 121 Å². The van der Waals surface area contributed by atoms with Crippen LogP contribution in [-0.4, -0.2) is 14.5 Å². The molecule has 1 aromatic rings. The number of nitrogens with two attached hydrogens (primary N) is 1. The maximum Gasteiger partial charge on any atom is 0.240 e. The van der Waals surface area contributed by atoms with Gasteiger partial charge in [0, 0.05) is 11.7 Å². The van der Waals surface area contributed by atoms with E-state index in [2.05, 4.69) is 18.6 Å². The van der Waals surface area contributed by atoms with Crippen LogP contribution >= 0.6 is 0 Å². The molecule has 3 N–H and O–H groups in total. The van der Waals surface area contributed by atoms with E-state index >= 15 is 0 Å². The molecule has 112 valence electrons. The molecule has 1 fully saturated rings. The Morgan fingerprint density at radius 3 is 2.60 bits per heavy atom. The summed E-state index contributed by atoms with van der Waals surface area (Å²) in [6.45, 7) is 6.13. The number of aryl methyl sites for hydroxylation is 1. The fourth-order valence-corrected chi connectivity index (χ4v) is 4.52. The minimum Gasteiger partial charge on any atom is -0.399 e. The van der Waals surface area contributed by atoms with Crippen molar-refractivity contribution in [1.29, 1.82) is 0 Å². The van der Waals surface area contributed by atoms with Crippen molar-refractivity contribution in [2.45, 2.75) is 51.0 Å². The number of benzene rings is 1. The Morgan fingerprint density at radius 1 is 1.35 bits per heavy atom. The molecule has 0 aromatic heterocycles. The van der Waals surface area contributed by atoms with Gasteiger partial charge in [-0.25, -0.2) is 13.1 Å². The first kappa shape index (κ1) is 15.3. The van der Waals surface area contributed by atoms with Gasteiger partial charge in [-0.3, -0.25) is 0 Å². The fraction of sp³-hybridized carbons (Fsp3) is 0.600. The van der Waals surface area contributed by atoms with Gasteiger partial charge >= 0.3 is 0 Å². The molecule has 0 saturated heterocycles. The van der Waals surface area contributed by atoms with Crippen molar-refractivity contribution < 1.29 is 8.42 Å².